The summed E-state index contributed by atoms with van der Waals surface area (Å²) >= 11 is 1.60. The van der Waals surface area contributed by atoms with Crippen molar-refractivity contribution in [1.29, 1.82) is 0 Å². The van der Waals surface area contributed by atoms with Crippen LogP contribution >= 0.6 is 11.3 Å². The fraction of sp³-hybridized carbons (Fsp3) is 0.471. The Balaban J connectivity index is 1.49. The quantitative estimate of drug-likeness (QED) is 0.807. The molecule has 6 heteroatoms. The van der Waals surface area contributed by atoms with E-state index >= 15 is 0 Å². The SMILES string of the molecule is CN1CCC2(CCN(C(=O)c3cnc4ccsc4c3)CC2)C1=O. The van der Waals surface area contributed by atoms with Crippen LogP contribution in [0.1, 0.15) is 29.6 Å². The molecule has 0 unspecified atom stereocenters. The van der Waals surface area contributed by atoms with E-state index in [1.165, 1.54) is 0 Å². The predicted molar refractivity (Wildman–Crippen MR) is 89.4 cm³/mol. The Morgan fingerprint density at radius 1 is 1.26 bits per heavy atom. The summed E-state index contributed by atoms with van der Waals surface area (Å²) in [5.74, 6) is 0.285. The van der Waals surface area contributed by atoms with Gasteiger partial charge in [-0.2, -0.15) is 0 Å². The van der Waals surface area contributed by atoms with Crippen molar-refractivity contribution in [3.8, 4) is 0 Å². The number of amides is 2. The number of aromatic nitrogens is 1. The van der Waals surface area contributed by atoms with Crippen LogP contribution in [-0.4, -0.2) is 53.3 Å². The molecule has 2 saturated heterocycles. The lowest BCUT2D eigenvalue weighted by Crippen LogP contribution is -2.46. The van der Waals surface area contributed by atoms with Crippen molar-refractivity contribution < 1.29 is 9.59 Å². The number of rotatable bonds is 1. The molecule has 2 amide bonds. The van der Waals surface area contributed by atoms with Crippen LogP contribution in [0, 0.1) is 5.41 Å². The Bertz CT molecular complexity index is 777. The Morgan fingerprint density at radius 3 is 2.70 bits per heavy atom. The van der Waals surface area contributed by atoms with Crippen molar-refractivity contribution in [1.82, 2.24) is 14.8 Å². The van der Waals surface area contributed by atoms with Crippen LogP contribution in [-0.2, 0) is 4.79 Å². The van der Waals surface area contributed by atoms with Gasteiger partial charge >= 0.3 is 0 Å². The molecule has 4 heterocycles. The third kappa shape index (κ3) is 2.32. The largest absolute Gasteiger partial charge is 0.345 e. The van der Waals surface area contributed by atoms with Crippen LogP contribution < -0.4 is 0 Å². The number of thiophene rings is 1. The maximum Gasteiger partial charge on any atom is 0.255 e. The number of likely N-dealkylation sites (tertiary alicyclic amines) is 2. The number of hydrogen-bond donors (Lipinski definition) is 0. The van der Waals surface area contributed by atoms with E-state index in [9.17, 15) is 9.59 Å². The second-order valence-corrected chi connectivity index (χ2v) is 7.52. The minimum Gasteiger partial charge on any atom is -0.345 e. The van der Waals surface area contributed by atoms with Crippen molar-refractivity contribution in [2.75, 3.05) is 26.7 Å². The highest BCUT2D eigenvalue weighted by Gasteiger charge is 2.47. The average Bonchev–Trinajstić information content (AvgIpc) is 3.15. The highest BCUT2D eigenvalue weighted by Crippen LogP contribution is 2.41. The molecular weight excluding hydrogens is 310 g/mol. The van der Waals surface area contributed by atoms with Gasteiger partial charge in [-0.3, -0.25) is 14.6 Å². The van der Waals surface area contributed by atoms with E-state index in [0.29, 0.717) is 18.7 Å². The Hall–Kier alpha value is -1.95. The highest BCUT2D eigenvalue weighted by molar-refractivity contribution is 7.17. The van der Waals surface area contributed by atoms with Crippen LogP contribution in [0.25, 0.3) is 10.2 Å². The molecule has 4 rings (SSSR count). The van der Waals surface area contributed by atoms with E-state index in [2.05, 4.69) is 4.98 Å². The van der Waals surface area contributed by atoms with Gasteiger partial charge in [-0.15, -0.1) is 11.3 Å². The van der Waals surface area contributed by atoms with Gasteiger partial charge in [0.1, 0.15) is 0 Å². The van der Waals surface area contributed by atoms with Crippen LogP contribution in [0.15, 0.2) is 23.7 Å². The standard InChI is InChI=1S/C17H19N3O2S/c1-19-6-3-17(16(19)22)4-7-20(8-5-17)15(21)12-10-14-13(18-11-12)2-9-23-14/h2,9-11H,3-8H2,1H3. The van der Waals surface area contributed by atoms with Crippen molar-refractivity contribution in [3.63, 3.8) is 0 Å². The molecule has 0 aliphatic carbocycles. The predicted octanol–water partition coefficient (Wildman–Crippen LogP) is 2.38. The van der Waals surface area contributed by atoms with Gasteiger partial charge in [-0.1, -0.05) is 0 Å². The summed E-state index contributed by atoms with van der Waals surface area (Å²) in [6, 6.07) is 3.88. The average molecular weight is 329 g/mol. The minimum atomic E-state index is -0.221. The van der Waals surface area contributed by atoms with E-state index in [1.54, 1.807) is 17.5 Å². The number of nitrogens with zero attached hydrogens (tertiary/aromatic N) is 3. The summed E-state index contributed by atoms with van der Waals surface area (Å²) in [5.41, 5.74) is 1.36. The first-order valence-corrected chi connectivity index (χ1v) is 8.85. The molecule has 0 aromatic carbocycles. The van der Waals surface area contributed by atoms with Crippen molar-refractivity contribution in [2.45, 2.75) is 19.3 Å². The summed E-state index contributed by atoms with van der Waals surface area (Å²) in [5, 5.41) is 1.98. The third-order valence-corrected chi connectivity index (χ3v) is 6.14. The maximum absolute atomic E-state index is 12.7. The van der Waals surface area contributed by atoms with Crippen LogP contribution in [0.3, 0.4) is 0 Å². The molecule has 5 nitrogen and oxygen atoms in total. The lowest BCUT2D eigenvalue weighted by Gasteiger charge is -2.37. The van der Waals surface area contributed by atoms with E-state index in [0.717, 1.165) is 36.0 Å². The summed E-state index contributed by atoms with van der Waals surface area (Å²) in [4.78, 5) is 33.1. The first-order chi connectivity index (χ1) is 11.1. The van der Waals surface area contributed by atoms with Gasteiger partial charge in [0, 0.05) is 32.9 Å². The van der Waals surface area contributed by atoms with Crippen LogP contribution in [0.4, 0.5) is 0 Å². The van der Waals surface area contributed by atoms with Crippen LogP contribution in [0.2, 0.25) is 0 Å². The zero-order valence-corrected chi connectivity index (χ0v) is 13.9. The van der Waals surface area contributed by atoms with Crippen LogP contribution in [0.5, 0.6) is 0 Å². The Kier molecular flexibility index (Phi) is 3.37. The molecular formula is C17H19N3O2S. The molecule has 0 atom stereocenters. The maximum atomic E-state index is 12.7. The van der Waals surface area contributed by atoms with E-state index in [1.807, 2.05) is 34.4 Å². The minimum absolute atomic E-state index is 0.0291. The normalized spacial score (nSPS) is 20.7. The number of pyridine rings is 1. The summed E-state index contributed by atoms with van der Waals surface area (Å²) in [6.07, 6.45) is 4.14. The molecule has 23 heavy (non-hydrogen) atoms. The Morgan fingerprint density at radius 2 is 2.00 bits per heavy atom. The van der Waals surface area contributed by atoms with Gasteiger partial charge in [-0.05, 0) is 36.8 Å². The molecule has 0 radical (unpaired) electrons. The van der Waals surface area contributed by atoms with E-state index in [-0.39, 0.29) is 17.2 Å². The second-order valence-electron chi connectivity index (χ2n) is 6.58. The Labute approximate surface area is 138 Å². The smallest absolute Gasteiger partial charge is 0.255 e. The van der Waals surface area contributed by atoms with E-state index in [4.69, 9.17) is 0 Å². The molecule has 0 saturated carbocycles. The summed E-state index contributed by atoms with van der Waals surface area (Å²) in [7, 11) is 1.87. The molecule has 2 aliphatic rings. The summed E-state index contributed by atoms with van der Waals surface area (Å²) < 4.78 is 1.04. The third-order valence-electron chi connectivity index (χ3n) is 5.28. The van der Waals surface area contributed by atoms with Crippen molar-refractivity contribution in [2.24, 2.45) is 5.41 Å². The molecule has 120 valence electrons. The molecule has 0 bridgehead atoms. The molecule has 2 fully saturated rings. The zero-order chi connectivity index (χ0) is 16.0. The number of piperidine rings is 1. The van der Waals surface area contributed by atoms with Gasteiger partial charge < -0.3 is 9.80 Å². The van der Waals surface area contributed by atoms with Gasteiger partial charge in [0.2, 0.25) is 5.91 Å². The summed E-state index contributed by atoms with van der Waals surface area (Å²) in [6.45, 7) is 2.15. The number of hydrogen-bond acceptors (Lipinski definition) is 4. The van der Waals surface area contributed by atoms with E-state index < -0.39 is 0 Å². The monoisotopic (exact) mass is 329 g/mol. The molecule has 1 spiro atoms. The van der Waals surface area contributed by atoms with Crippen molar-refractivity contribution >= 4 is 33.4 Å². The lowest BCUT2D eigenvalue weighted by molar-refractivity contribution is -0.137. The highest BCUT2D eigenvalue weighted by atomic mass is 32.1. The second kappa shape index (κ2) is 5.30. The van der Waals surface area contributed by atoms with Gasteiger partial charge in [0.25, 0.3) is 5.91 Å². The van der Waals surface area contributed by atoms with Crippen molar-refractivity contribution in [3.05, 3.63) is 29.3 Å². The van der Waals surface area contributed by atoms with Gasteiger partial charge in [0.05, 0.1) is 21.2 Å². The molecule has 2 aliphatic heterocycles. The van der Waals surface area contributed by atoms with Gasteiger partial charge in [-0.25, -0.2) is 0 Å². The molecule has 0 N–H and O–H groups in total. The topological polar surface area (TPSA) is 53.5 Å². The lowest BCUT2D eigenvalue weighted by atomic mass is 9.77. The first-order valence-electron chi connectivity index (χ1n) is 7.97. The fourth-order valence-corrected chi connectivity index (χ4v) is 4.52. The number of fused-ring (bicyclic) bond motifs is 1. The zero-order valence-electron chi connectivity index (χ0n) is 13.1. The number of carbonyl (C=O) groups is 2. The molecule has 2 aromatic heterocycles. The van der Waals surface area contributed by atoms with Gasteiger partial charge in [0.15, 0.2) is 0 Å². The first kappa shape index (κ1) is 14.6. The number of carbonyl (C=O) groups excluding carboxylic acids is 2. The fourth-order valence-electron chi connectivity index (χ4n) is 3.74. The molecule has 2 aromatic rings.